The Labute approximate surface area is 169 Å². The number of rotatable bonds is 4. The first kappa shape index (κ1) is 20.0. The Morgan fingerprint density at radius 3 is 2.19 bits per heavy atom. The number of amides is 1. The van der Waals surface area contributed by atoms with Crippen LogP contribution in [0.25, 0.3) is 0 Å². The highest BCUT2D eigenvalue weighted by Gasteiger charge is 2.30. The molecular formula is C20H23BrN2O3S. The first-order valence-corrected chi connectivity index (χ1v) is 11.1. The molecule has 1 aliphatic rings. The van der Waals surface area contributed by atoms with Crippen molar-refractivity contribution in [2.45, 2.75) is 25.2 Å². The van der Waals surface area contributed by atoms with Crippen molar-refractivity contribution in [2.75, 3.05) is 26.2 Å². The SMILES string of the molecule is Cc1ccc(S(=O)(=O)N2CCN(C(=O)Cc3ccc(Br)cc3)CC2)cc1C. The van der Waals surface area contributed by atoms with Gasteiger partial charge in [0.25, 0.3) is 0 Å². The predicted octanol–water partition coefficient (Wildman–Crippen LogP) is 3.14. The molecule has 0 aromatic heterocycles. The summed E-state index contributed by atoms with van der Waals surface area (Å²) in [6.45, 7) is 5.34. The topological polar surface area (TPSA) is 57.7 Å². The quantitative estimate of drug-likeness (QED) is 0.718. The zero-order chi connectivity index (χ0) is 19.6. The van der Waals surface area contributed by atoms with E-state index in [2.05, 4.69) is 15.9 Å². The monoisotopic (exact) mass is 450 g/mol. The Kier molecular flexibility index (Phi) is 6.03. The van der Waals surface area contributed by atoms with Crippen LogP contribution < -0.4 is 0 Å². The zero-order valence-corrected chi connectivity index (χ0v) is 17.9. The number of halogens is 1. The smallest absolute Gasteiger partial charge is 0.243 e. The summed E-state index contributed by atoms with van der Waals surface area (Å²) in [7, 11) is -3.52. The highest BCUT2D eigenvalue weighted by atomic mass is 79.9. The van der Waals surface area contributed by atoms with Crippen LogP contribution in [-0.2, 0) is 21.2 Å². The number of sulfonamides is 1. The molecule has 1 saturated heterocycles. The first-order chi connectivity index (χ1) is 12.8. The molecule has 1 heterocycles. The van der Waals surface area contributed by atoms with Gasteiger partial charge in [-0.2, -0.15) is 4.31 Å². The molecule has 1 aliphatic heterocycles. The van der Waals surface area contributed by atoms with Gasteiger partial charge in [-0.1, -0.05) is 34.1 Å². The van der Waals surface area contributed by atoms with Crippen LogP contribution in [0.2, 0.25) is 0 Å². The number of hydrogen-bond acceptors (Lipinski definition) is 3. The van der Waals surface area contributed by atoms with Crippen LogP contribution in [0.4, 0.5) is 0 Å². The summed E-state index contributed by atoms with van der Waals surface area (Å²) in [6.07, 6.45) is 0.331. The molecule has 144 valence electrons. The summed E-state index contributed by atoms with van der Waals surface area (Å²) in [5, 5.41) is 0. The van der Waals surface area contributed by atoms with Crippen molar-refractivity contribution in [1.82, 2.24) is 9.21 Å². The Morgan fingerprint density at radius 1 is 0.963 bits per heavy atom. The van der Waals surface area contributed by atoms with Crippen molar-refractivity contribution in [3.8, 4) is 0 Å². The fourth-order valence-electron chi connectivity index (χ4n) is 3.09. The minimum Gasteiger partial charge on any atom is -0.340 e. The lowest BCUT2D eigenvalue weighted by Crippen LogP contribution is -2.50. The molecule has 2 aromatic carbocycles. The van der Waals surface area contributed by atoms with Gasteiger partial charge in [0, 0.05) is 30.7 Å². The zero-order valence-electron chi connectivity index (χ0n) is 15.5. The van der Waals surface area contributed by atoms with E-state index in [-0.39, 0.29) is 5.91 Å². The Morgan fingerprint density at radius 2 is 1.59 bits per heavy atom. The molecular weight excluding hydrogens is 428 g/mol. The summed E-state index contributed by atoms with van der Waals surface area (Å²) in [5.41, 5.74) is 2.98. The largest absolute Gasteiger partial charge is 0.340 e. The summed E-state index contributed by atoms with van der Waals surface area (Å²) in [6, 6.07) is 12.9. The normalized spacial score (nSPS) is 15.7. The number of nitrogens with zero attached hydrogens (tertiary/aromatic N) is 2. The lowest BCUT2D eigenvalue weighted by molar-refractivity contribution is -0.131. The van der Waals surface area contributed by atoms with Gasteiger partial charge < -0.3 is 4.90 Å². The van der Waals surface area contributed by atoms with Gasteiger partial charge in [0.15, 0.2) is 0 Å². The predicted molar refractivity (Wildman–Crippen MR) is 109 cm³/mol. The molecule has 0 N–H and O–H groups in total. The number of carbonyl (C=O) groups is 1. The fraction of sp³-hybridized carbons (Fsp3) is 0.350. The van der Waals surface area contributed by atoms with E-state index in [1.165, 1.54) is 4.31 Å². The maximum atomic E-state index is 12.9. The van der Waals surface area contributed by atoms with Crippen molar-refractivity contribution in [3.63, 3.8) is 0 Å². The second-order valence-electron chi connectivity index (χ2n) is 6.83. The van der Waals surface area contributed by atoms with Crippen LogP contribution in [0, 0.1) is 13.8 Å². The molecule has 0 unspecified atom stereocenters. The van der Waals surface area contributed by atoms with Crippen LogP contribution in [0.3, 0.4) is 0 Å². The first-order valence-electron chi connectivity index (χ1n) is 8.87. The third-order valence-corrected chi connectivity index (χ3v) is 7.40. The molecule has 27 heavy (non-hydrogen) atoms. The van der Waals surface area contributed by atoms with Gasteiger partial charge in [-0.25, -0.2) is 8.42 Å². The van der Waals surface area contributed by atoms with Gasteiger partial charge in [0.1, 0.15) is 0 Å². The molecule has 2 aromatic rings. The third-order valence-electron chi connectivity index (χ3n) is 4.98. The molecule has 1 amide bonds. The highest BCUT2D eigenvalue weighted by Crippen LogP contribution is 2.21. The van der Waals surface area contributed by atoms with Gasteiger partial charge in [-0.15, -0.1) is 0 Å². The Bertz CT molecular complexity index is 934. The minimum atomic E-state index is -3.52. The lowest BCUT2D eigenvalue weighted by Gasteiger charge is -2.34. The van der Waals surface area contributed by atoms with Crippen LogP contribution in [0.1, 0.15) is 16.7 Å². The van der Waals surface area contributed by atoms with E-state index < -0.39 is 10.0 Å². The molecule has 0 radical (unpaired) electrons. The van der Waals surface area contributed by atoms with Crippen LogP contribution >= 0.6 is 15.9 Å². The van der Waals surface area contributed by atoms with Crippen molar-refractivity contribution in [2.24, 2.45) is 0 Å². The van der Waals surface area contributed by atoms with E-state index in [4.69, 9.17) is 0 Å². The number of carbonyl (C=O) groups excluding carboxylic acids is 1. The number of benzene rings is 2. The van der Waals surface area contributed by atoms with Crippen molar-refractivity contribution in [3.05, 3.63) is 63.6 Å². The Hall–Kier alpha value is -1.70. The van der Waals surface area contributed by atoms with E-state index in [9.17, 15) is 13.2 Å². The van der Waals surface area contributed by atoms with Gasteiger partial charge in [-0.05, 0) is 54.8 Å². The van der Waals surface area contributed by atoms with E-state index in [1.54, 1.807) is 17.0 Å². The van der Waals surface area contributed by atoms with E-state index in [1.807, 2.05) is 44.2 Å². The maximum Gasteiger partial charge on any atom is 0.243 e. The molecule has 0 saturated carbocycles. The molecule has 3 rings (SSSR count). The molecule has 0 atom stereocenters. The molecule has 5 nitrogen and oxygen atoms in total. The average Bonchev–Trinajstić information content (AvgIpc) is 2.66. The fourth-order valence-corrected chi connectivity index (χ4v) is 4.86. The Balaban J connectivity index is 1.63. The van der Waals surface area contributed by atoms with Gasteiger partial charge in [-0.3, -0.25) is 4.79 Å². The van der Waals surface area contributed by atoms with Crippen LogP contribution in [-0.4, -0.2) is 49.7 Å². The summed E-state index contributed by atoms with van der Waals surface area (Å²) < 4.78 is 28.2. The lowest BCUT2D eigenvalue weighted by atomic mass is 10.1. The number of aryl methyl sites for hydroxylation is 2. The highest BCUT2D eigenvalue weighted by molar-refractivity contribution is 9.10. The van der Waals surface area contributed by atoms with Crippen molar-refractivity contribution >= 4 is 31.9 Å². The van der Waals surface area contributed by atoms with Crippen molar-refractivity contribution < 1.29 is 13.2 Å². The summed E-state index contributed by atoms with van der Waals surface area (Å²) >= 11 is 3.38. The van der Waals surface area contributed by atoms with E-state index in [0.29, 0.717) is 37.5 Å². The van der Waals surface area contributed by atoms with Crippen LogP contribution in [0.15, 0.2) is 51.8 Å². The van der Waals surface area contributed by atoms with Gasteiger partial charge in [0.2, 0.25) is 15.9 Å². The standard InChI is InChI=1S/C20H23BrN2O3S/c1-15-3-8-19(13-16(15)2)27(25,26)23-11-9-22(10-12-23)20(24)14-17-4-6-18(21)7-5-17/h3-8,13H,9-12,14H2,1-2H3. The minimum absolute atomic E-state index is 0.0283. The second-order valence-corrected chi connectivity index (χ2v) is 9.69. The summed E-state index contributed by atoms with van der Waals surface area (Å²) in [4.78, 5) is 14.6. The second kappa shape index (κ2) is 8.12. The number of hydrogen-bond donors (Lipinski definition) is 0. The van der Waals surface area contributed by atoms with Crippen LogP contribution in [0.5, 0.6) is 0 Å². The number of piperazine rings is 1. The van der Waals surface area contributed by atoms with E-state index >= 15 is 0 Å². The van der Waals surface area contributed by atoms with Gasteiger partial charge >= 0.3 is 0 Å². The maximum absolute atomic E-state index is 12.9. The molecule has 1 fully saturated rings. The molecule has 7 heteroatoms. The summed E-state index contributed by atoms with van der Waals surface area (Å²) in [5.74, 6) is 0.0283. The molecule has 0 bridgehead atoms. The van der Waals surface area contributed by atoms with E-state index in [0.717, 1.165) is 21.2 Å². The third kappa shape index (κ3) is 4.59. The van der Waals surface area contributed by atoms with Gasteiger partial charge in [0.05, 0.1) is 11.3 Å². The average molecular weight is 451 g/mol. The molecule has 0 aliphatic carbocycles. The molecule has 0 spiro atoms. The van der Waals surface area contributed by atoms with Crippen molar-refractivity contribution in [1.29, 1.82) is 0 Å².